The third-order valence-corrected chi connectivity index (χ3v) is 6.38. The molecule has 2 rings (SSSR count). The highest BCUT2D eigenvalue weighted by Gasteiger charge is 2.39. The lowest BCUT2D eigenvalue weighted by Gasteiger charge is -2.55. The van der Waals surface area contributed by atoms with Gasteiger partial charge in [-0.2, -0.15) is 0 Å². The Kier molecular flexibility index (Phi) is 4.82. The minimum atomic E-state index is -0.0832. The van der Waals surface area contributed by atoms with Crippen LogP contribution in [0.3, 0.4) is 0 Å². The molecule has 0 bridgehead atoms. The van der Waals surface area contributed by atoms with Gasteiger partial charge in [-0.05, 0) is 32.4 Å². The van der Waals surface area contributed by atoms with E-state index < -0.39 is 0 Å². The Bertz CT molecular complexity index is 204. The third-order valence-electron chi connectivity index (χ3n) is 4.03. The zero-order valence-electron chi connectivity index (χ0n) is 10.9. The molecule has 3 nitrogen and oxygen atoms in total. The van der Waals surface area contributed by atoms with Crippen LogP contribution in [0.4, 0.5) is 0 Å². The van der Waals surface area contributed by atoms with Gasteiger partial charge in [0.2, 0.25) is 0 Å². The number of hydrogen-bond donors (Lipinski definition) is 1. The molecule has 1 saturated heterocycles. The second kappa shape index (κ2) is 6.14. The van der Waals surface area contributed by atoms with Crippen molar-refractivity contribution in [2.24, 2.45) is 0 Å². The average Bonchev–Trinajstić information content (AvgIpc) is 2.30. The molecular weight excluding hydrogens is 214 g/mol. The Morgan fingerprint density at radius 2 is 1.94 bits per heavy atom. The highest BCUT2D eigenvalue weighted by molar-refractivity contribution is 6.32. The molecule has 0 spiro atoms. The van der Waals surface area contributed by atoms with E-state index in [9.17, 15) is 0 Å². The van der Waals surface area contributed by atoms with Crippen LogP contribution < -0.4 is 5.32 Å². The molecule has 0 amide bonds. The molecule has 94 valence electrons. The molecule has 1 unspecified atom stereocenters. The largest absolute Gasteiger partial charge is 0.290 e. The van der Waals surface area contributed by atoms with Crippen LogP contribution in [0.2, 0.25) is 0 Å². The normalized spacial score (nSPS) is 30.8. The van der Waals surface area contributed by atoms with E-state index in [0.29, 0.717) is 6.29 Å². The Balaban J connectivity index is 1.83. The van der Waals surface area contributed by atoms with Crippen molar-refractivity contribution >= 4 is 9.84 Å². The zero-order chi connectivity index (χ0) is 11.4. The molecule has 1 aliphatic carbocycles. The molecule has 1 atom stereocenters. The number of nitrogens with zero attached hydrogens (tertiary/aromatic N) is 2. The molecule has 16 heavy (non-hydrogen) atoms. The summed E-state index contributed by atoms with van der Waals surface area (Å²) in [4.78, 5) is 0. The van der Waals surface area contributed by atoms with Crippen molar-refractivity contribution in [2.45, 2.75) is 64.7 Å². The summed E-state index contributed by atoms with van der Waals surface area (Å²) in [6.45, 7) is 6.95. The summed E-state index contributed by atoms with van der Waals surface area (Å²) < 4.78 is 5.49. The lowest BCUT2D eigenvalue weighted by atomic mass is 9.95. The van der Waals surface area contributed by atoms with E-state index in [0.717, 1.165) is 6.04 Å². The lowest BCUT2D eigenvalue weighted by Crippen LogP contribution is -2.74. The summed E-state index contributed by atoms with van der Waals surface area (Å²) in [6, 6.07) is 0.914. The summed E-state index contributed by atoms with van der Waals surface area (Å²) in [5.74, 6) is 0. The van der Waals surface area contributed by atoms with Gasteiger partial charge >= 0.3 is 0 Å². The van der Waals surface area contributed by atoms with Crippen molar-refractivity contribution in [3.63, 3.8) is 0 Å². The van der Waals surface area contributed by atoms with Crippen molar-refractivity contribution < 1.29 is 0 Å². The van der Waals surface area contributed by atoms with Gasteiger partial charge in [0.1, 0.15) is 6.29 Å². The van der Waals surface area contributed by atoms with Crippen molar-refractivity contribution in [3.8, 4) is 0 Å². The minimum Gasteiger partial charge on any atom is -0.290 e. The molecule has 4 heteroatoms. The van der Waals surface area contributed by atoms with Gasteiger partial charge in [-0.25, -0.2) is 0 Å². The van der Waals surface area contributed by atoms with Gasteiger partial charge in [0.15, 0.2) is 9.84 Å². The van der Waals surface area contributed by atoms with Crippen LogP contribution in [0.1, 0.15) is 52.4 Å². The molecule has 0 aromatic rings. The maximum absolute atomic E-state index is 3.70. The summed E-state index contributed by atoms with van der Waals surface area (Å²) in [7, 11) is -0.0832. The van der Waals surface area contributed by atoms with Crippen molar-refractivity contribution in [3.05, 3.63) is 0 Å². The van der Waals surface area contributed by atoms with Crippen molar-refractivity contribution in [1.29, 1.82) is 0 Å². The fourth-order valence-corrected chi connectivity index (χ4v) is 4.91. The molecule has 2 fully saturated rings. The molecule has 1 saturated carbocycles. The van der Waals surface area contributed by atoms with E-state index in [2.05, 4.69) is 28.3 Å². The summed E-state index contributed by atoms with van der Waals surface area (Å²) >= 11 is 0. The summed E-state index contributed by atoms with van der Waals surface area (Å²) in [5, 5.41) is 3.70. The number of nitrogens with one attached hydrogen (secondary N) is 1. The second-order valence-corrected chi connectivity index (χ2v) is 7.01. The fourth-order valence-electron chi connectivity index (χ4n) is 3.00. The molecule has 0 radical (unpaired) electrons. The highest BCUT2D eigenvalue weighted by atomic mass is 28.2. The lowest BCUT2D eigenvalue weighted by molar-refractivity contribution is 0.0242. The van der Waals surface area contributed by atoms with Crippen molar-refractivity contribution in [1.82, 2.24) is 14.4 Å². The maximum atomic E-state index is 3.70. The van der Waals surface area contributed by atoms with Crippen LogP contribution in [-0.4, -0.2) is 44.4 Å². The second-order valence-electron chi connectivity index (χ2n) is 5.18. The predicted molar refractivity (Wildman–Crippen MR) is 71.7 cm³/mol. The molecule has 0 aromatic carbocycles. The summed E-state index contributed by atoms with van der Waals surface area (Å²) in [5.41, 5.74) is 0. The zero-order valence-corrected chi connectivity index (χ0v) is 12.3. The molecule has 0 aromatic heterocycles. The van der Waals surface area contributed by atoms with Crippen LogP contribution in [0.25, 0.3) is 0 Å². The predicted octanol–water partition coefficient (Wildman–Crippen LogP) is 1.24. The molecular formula is C12H27N3Si. The first-order valence-corrected chi connectivity index (χ1v) is 8.36. The minimum absolute atomic E-state index is 0.0832. The van der Waals surface area contributed by atoms with E-state index in [1.807, 2.05) is 0 Å². The van der Waals surface area contributed by atoms with Gasteiger partial charge < -0.3 is 0 Å². The average molecular weight is 241 g/mol. The molecule has 1 N–H and O–H groups in total. The van der Waals surface area contributed by atoms with Gasteiger partial charge in [-0.15, -0.1) is 0 Å². The SMILES string of the molecule is CCCNC1N(CC)[SiH2]N1C1CCCCC1. The third kappa shape index (κ3) is 2.67. The topological polar surface area (TPSA) is 18.5 Å². The van der Waals surface area contributed by atoms with E-state index in [4.69, 9.17) is 0 Å². The van der Waals surface area contributed by atoms with E-state index in [1.54, 1.807) is 0 Å². The number of rotatable bonds is 5. The quantitative estimate of drug-likeness (QED) is 0.731. The smallest absolute Gasteiger partial charge is 0.177 e. The maximum Gasteiger partial charge on any atom is 0.177 e. The van der Waals surface area contributed by atoms with Gasteiger partial charge in [-0.1, -0.05) is 33.1 Å². The molecule has 2 aliphatic rings. The highest BCUT2D eigenvalue weighted by Crippen LogP contribution is 2.27. The Morgan fingerprint density at radius 1 is 1.19 bits per heavy atom. The number of hydrogen-bond acceptors (Lipinski definition) is 3. The summed E-state index contributed by atoms with van der Waals surface area (Å²) in [6.07, 6.45) is 9.14. The molecule has 1 heterocycles. The van der Waals surface area contributed by atoms with Crippen LogP contribution in [0, 0.1) is 0 Å². The standard InChI is InChI=1S/C12H27N3Si/c1-3-10-13-12-14(4-2)16-15(12)11-8-6-5-7-9-11/h11-13H,3-10,16H2,1-2H3. The fraction of sp³-hybridized carbons (Fsp3) is 1.00. The van der Waals surface area contributed by atoms with E-state index in [-0.39, 0.29) is 9.84 Å². The van der Waals surface area contributed by atoms with Gasteiger partial charge in [-0.3, -0.25) is 14.4 Å². The van der Waals surface area contributed by atoms with Crippen LogP contribution >= 0.6 is 0 Å². The van der Waals surface area contributed by atoms with Crippen LogP contribution in [0.5, 0.6) is 0 Å². The van der Waals surface area contributed by atoms with E-state index >= 15 is 0 Å². The monoisotopic (exact) mass is 241 g/mol. The Labute approximate surface area is 103 Å². The first kappa shape index (κ1) is 12.6. The first-order valence-electron chi connectivity index (χ1n) is 7.10. The van der Waals surface area contributed by atoms with Crippen LogP contribution in [0.15, 0.2) is 0 Å². The molecule has 1 aliphatic heterocycles. The van der Waals surface area contributed by atoms with Crippen molar-refractivity contribution in [2.75, 3.05) is 13.1 Å². The first-order chi connectivity index (χ1) is 7.86. The van der Waals surface area contributed by atoms with Gasteiger partial charge in [0.25, 0.3) is 0 Å². The van der Waals surface area contributed by atoms with Crippen LogP contribution in [-0.2, 0) is 0 Å². The van der Waals surface area contributed by atoms with Gasteiger partial charge in [0, 0.05) is 6.04 Å². The van der Waals surface area contributed by atoms with Gasteiger partial charge in [0.05, 0.1) is 0 Å². The Hall–Kier alpha value is 0.0969. The Morgan fingerprint density at radius 3 is 2.56 bits per heavy atom. The van der Waals surface area contributed by atoms with E-state index in [1.165, 1.54) is 51.6 Å².